The zero-order valence-corrected chi connectivity index (χ0v) is 17.7. The molecule has 1 amide bonds. The third-order valence-corrected chi connectivity index (χ3v) is 4.99. The van der Waals surface area contributed by atoms with Gasteiger partial charge in [0.1, 0.15) is 5.75 Å². The minimum Gasteiger partial charge on any atom is -0.497 e. The van der Waals surface area contributed by atoms with Crippen molar-refractivity contribution in [1.82, 2.24) is 5.32 Å². The molecule has 156 valence electrons. The molecule has 2 aromatic carbocycles. The van der Waals surface area contributed by atoms with Gasteiger partial charge in [-0.1, -0.05) is 6.07 Å². The fraction of sp³-hybridized carbons (Fsp3) is 0.333. The van der Waals surface area contributed by atoms with Crippen LogP contribution < -0.4 is 19.5 Å². The lowest BCUT2D eigenvalue weighted by Gasteiger charge is -2.14. The Morgan fingerprint density at radius 3 is 2.28 bits per heavy atom. The normalized spacial score (nSPS) is 11.3. The van der Waals surface area contributed by atoms with Crippen LogP contribution in [-0.2, 0) is 20.9 Å². The predicted molar refractivity (Wildman–Crippen MR) is 111 cm³/mol. The summed E-state index contributed by atoms with van der Waals surface area (Å²) in [5, 5.41) is 2.75. The quantitative estimate of drug-likeness (QED) is 0.468. The molecule has 1 atom stereocenters. The van der Waals surface area contributed by atoms with Crippen LogP contribution in [-0.4, -0.2) is 45.1 Å². The van der Waals surface area contributed by atoms with Crippen LogP contribution in [0.15, 0.2) is 47.4 Å². The van der Waals surface area contributed by atoms with Crippen molar-refractivity contribution in [2.45, 2.75) is 24.5 Å². The van der Waals surface area contributed by atoms with Crippen molar-refractivity contribution in [2.75, 3.05) is 27.1 Å². The lowest BCUT2D eigenvalue weighted by Crippen LogP contribution is -2.35. The van der Waals surface area contributed by atoms with Gasteiger partial charge in [0.15, 0.2) is 17.6 Å². The number of esters is 1. The third-order valence-electron chi connectivity index (χ3n) is 4.01. The molecule has 0 radical (unpaired) electrons. The van der Waals surface area contributed by atoms with Gasteiger partial charge in [-0.3, -0.25) is 9.59 Å². The first-order chi connectivity index (χ1) is 14.0. The van der Waals surface area contributed by atoms with Gasteiger partial charge in [-0.05, 0) is 48.9 Å². The summed E-state index contributed by atoms with van der Waals surface area (Å²) in [6, 6.07) is 12.7. The minimum atomic E-state index is -0.890. The van der Waals surface area contributed by atoms with Crippen LogP contribution in [0.2, 0.25) is 0 Å². The van der Waals surface area contributed by atoms with Crippen LogP contribution in [0.25, 0.3) is 0 Å². The molecule has 0 bridgehead atoms. The highest BCUT2D eigenvalue weighted by atomic mass is 32.2. The molecule has 0 aliphatic rings. The largest absolute Gasteiger partial charge is 0.497 e. The van der Waals surface area contributed by atoms with Crippen molar-refractivity contribution < 1.29 is 28.5 Å². The Hall–Kier alpha value is -2.87. The molecule has 0 aromatic heterocycles. The molecule has 0 saturated heterocycles. The smallest absolute Gasteiger partial charge is 0.317 e. The number of carbonyl (C=O) groups excluding carboxylic acids is 2. The third kappa shape index (κ3) is 6.90. The van der Waals surface area contributed by atoms with Crippen molar-refractivity contribution >= 4 is 23.6 Å². The lowest BCUT2D eigenvalue weighted by molar-refractivity contribution is -0.152. The van der Waals surface area contributed by atoms with Crippen molar-refractivity contribution in [1.29, 1.82) is 0 Å². The SMILES string of the molecule is COc1ccc(SCC(=O)O[C@H](C)C(=O)NCc2ccc(OC)c(OC)c2)cc1. The van der Waals surface area contributed by atoms with Crippen LogP contribution in [0.4, 0.5) is 0 Å². The van der Waals surface area contributed by atoms with Gasteiger partial charge in [-0.15, -0.1) is 11.8 Å². The van der Waals surface area contributed by atoms with Crippen LogP contribution in [0.5, 0.6) is 17.2 Å². The number of carbonyl (C=O) groups is 2. The summed E-state index contributed by atoms with van der Waals surface area (Å²) >= 11 is 1.33. The number of benzene rings is 2. The van der Waals surface area contributed by atoms with Gasteiger partial charge in [0.25, 0.3) is 5.91 Å². The second-order valence-electron chi connectivity index (χ2n) is 6.00. The van der Waals surface area contributed by atoms with Gasteiger partial charge in [0.05, 0.1) is 27.1 Å². The standard InChI is InChI=1S/C21H25NO6S/c1-14(28-20(23)13-29-17-8-6-16(25-2)7-9-17)21(24)22-12-15-5-10-18(26-3)19(11-15)27-4/h5-11,14H,12-13H2,1-4H3,(H,22,24)/t14-/m1/s1. The maximum absolute atomic E-state index is 12.2. The molecule has 7 nitrogen and oxygen atoms in total. The van der Waals surface area contributed by atoms with Crippen molar-refractivity contribution in [3.05, 3.63) is 48.0 Å². The molecule has 1 N–H and O–H groups in total. The van der Waals surface area contributed by atoms with E-state index < -0.39 is 12.1 Å². The summed E-state index contributed by atoms with van der Waals surface area (Å²) in [6.07, 6.45) is -0.890. The summed E-state index contributed by atoms with van der Waals surface area (Å²) in [5.74, 6) is 1.21. The van der Waals surface area contributed by atoms with Crippen molar-refractivity contribution in [2.24, 2.45) is 0 Å². The lowest BCUT2D eigenvalue weighted by atomic mass is 10.2. The average Bonchev–Trinajstić information content (AvgIpc) is 2.75. The van der Waals surface area contributed by atoms with Gasteiger partial charge < -0.3 is 24.3 Å². The first-order valence-electron chi connectivity index (χ1n) is 8.91. The summed E-state index contributed by atoms with van der Waals surface area (Å²) in [6.45, 7) is 1.82. The molecule has 0 saturated carbocycles. The number of hydrogen-bond donors (Lipinski definition) is 1. The van der Waals surface area contributed by atoms with E-state index in [4.69, 9.17) is 18.9 Å². The zero-order valence-electron chi connectivity index (χ0n) is 16.9. The number of rotatable bonds is 10. The number of nitrogens with one attached hydrogen (secondary N) is 1. The van der Waals surface area contributed by atoms with Gasteiger partial charge in [-0.25, -0.2) is 0 Å². The second-order valence-corrected chi connectivity index (χ2v) is 7.05. The number of methoxy groups -OCH3 is 3. The molecule has 0 aliphatic heterocycles. The van der Waals surface area contributed by atoms with Gasteiger partial charge in [-0.2, -0.15) is 0 Å². The number of amides is 1. The highest BCUT2D eigenvalue weighted by molar-refractivity contribution is 8.00. The Kier molecular flexibility index (Phi) is 8.67. The molecule has 0 fully saturated rings. The van der Waals surface area contributed by atoms with Gasteiger partial charge >= 0.3 is 5.97 Å². The van der Waals surface area contributed by atoms with Crippen LogP contribution in [0.1, 0.15) is 12.5 Å². The van der Waals surface area contributed by atoms with Crippen molar-refractivity contribution in [3.63, 3.8) is 0 Å². The Morgan fingerprint density at radius 2 is 1.66 bits per heavy atom. The maximum atomic E-state index is 12.2. The molecule has 0 unspecified atom stereocenters. The van der Waals surface area contributed by atoms with E-state index in [0.717, 1.165) is 16.2 Å². The van der Waals surface area contributed by atoms with E-state index in [0.29, 0.717) is 11.5 Å². The van der Waals surface area contributed by atoms with E-state index in [9.17, 15) is 9.59 Å². The van der Waals surface area contributed by atoms with E-state index in [1.807, 2.05) is 30.3 Å². The monoisotopic (exact) mass is 419 g/mol. The molecular formula is C21H25NO6S. The highest BCUT2D eigenvalue weighted by Crippen LogP contribution is 2.27. The van der Waals surface area contributed by atoms with Gasteiger partial charge in [0, 0.05) is 11.4 Å². The average molecular weight is 419 g/mol. The number of thioether (sulfide) groups is 1. The van der Waals surface area contributed by atoms with Crippen LogP contribution >= 0.6 is 11.8 Å². The number of ether oxygens (including phenoxy) is 4. The van der Waals surface area contributed by atoms with Crippen molar-refractivity contribution in [3.8, 4) is 17.2 Å². The Morgan fingerprint density at radius 1 is 0.966 bits per heavy atom. The first-order valence-corrected chi connectivity index (χ1v) is 9.90. The molecule has 2 rings (SSSR count). The van der Waals surface area contributed by atoms with E-state index in [1.165, 1.54) is 11.8 Å². The maximum Gasteiger partial charge on any atom is 0.317 e. The molecule has 2 aromatic rings. The fourth-order valence-electron chi connectivity index (χ4n) is 2.42. The van der Waals surface area contributed by atoms with E-state index in [-0.39, 0.29) is 18.2 Å². The summed E-state index contributed by atoms with van der Waals surface area (Å²) in [7, 11) is 4.70. The molecular weight excluding hydrogens is 394 g/mol. The fourth-order valence-corrected chi connectivity index (χ4v) is 3.10. The zero-order chi connectivity index (χ0) is 21.2. The van der Waals surface area contributed by atoms with E-state index >= 15 is 0 Å². The summed E-state index contributed by atoms with van der Waals surface area (Å²) in [5.41, 5.74) is 0.838. The molecule has 29 heavy (non-hydrogen) atoms. The Bertz CT molecular complexity index is 824. The first kappa shape index (κ1) is 22.4. The predicted octanol–water partition coefficient (Wildman–Crippen LogP) is 3.05. The van der Waals surface area contributed by atoms with E-state index in [1.54, 1.807) is 40.4 Å². The minimum absolute atomic E-state index is 0.111. The molecule has 8 heteroatoms. The Labute approximate surface area is 174 Å². The second kappa shape index (κ2) is 11.2. The molecule has 0 heterocycles. The summed E-state index contributed by atoms with van der Waals surface area (Å²) in [4.78, 5) is 25.1. The van der Waals surface area contributed by atoms with Crippen LogP contribution in [0.3, 0.4) is 0 Å². The van der Waals surface area contributed by atoms with Crippen LogP contribution in [0, 0.1) is 0 Å². The molecule has 0 aliphatic carbocycles. The number of hydrogen-bond acceptors (Lipinski definition) is 7. The summed E-state index contributed by atoms with van der Waals surface area (Å²) < 4.78 is 20.7. The highest BCUT2D eigenvalue weighted by Gasteiger charge is 2.18. The van der Waals surface area contributed by atoms with Gasteiger partial charge in [0.2, 0.25) is 0 Å². The van der Waals surface area contributed by atoms with E-state index in [2.05, 4.69) is 5.32 Å². The molecule has 0 spiro atoms. The topological polar surface area (TPSA) is 83.1 Å². The Balaban J connectivity index is 1.78.